The number of hydrogen-bond donors (Lipinski definition) is 3. The number of anilines is 1. The van der Waals surface area contributed by atoms with E-state index < -0.39 is 0 Å². The highest BCUT2D eigenvalue weighted by atomic mass is 32.1. The highest BCUT2D eigenvalue weighted by Crippen LogP contribution is 2.42. The van der Waals surface area contributed by atoms with Gasteiger partial charge < -0.3 is 29.4 Å². The van der Waals surface area contributed by atoms with Crippen molar-refractivity contribution < 1.29 is 24.1 Å². The van der Waals surface area contributed by atoms with Gasteiger partial charge in [-0.05, 0) is 47.4 Å². The van der Waals surface area contributed by atoms with Gasteiger partial charge in [-0.2, -0.15) is 0 Å². The second-order valence-electron chi connectivity index (χ2n) is 8.77. The van der Waals surface area contributed by atoms with E-state index in [9.17, 15) is 5.11 Å². The Balaban J connectivity index is 1.57. The fourth-order valence-electron chi connectivity index (χ4n) is 4.79. The molecule has 0 aromatic heterocycles. The lowest BCUT2D eigenvalue weighted by atomic mass is 9.97. The summed E-state index contributed by atoms with van der Waals surface area (Å²) in [6.45, 7) is 0. The second-order valence-corrected chi connectivity index (χ2v) is 9.16. The maximum Gasteiger partial charge on any atom is 0.203 e. The van der Waals surface area contributed by atoms with Gasteiger partial charge in [-0.1, -0.05) is 42.5 Å². The van der Waals surface area contributed by atoms with Crippen LogP contribution in [0, 0.1) is 0 Å². The lowest BCUT2D eigenvalue weighted by Crippen LogP contribution is -2.42. The zero-order valence-corrected chi connectivity index (χ0v) is 22.8. The molecule has 200 valence electrons. The van der Waals surface area contributed by atoms with E-state index in [2.05, 4.69) is 16.8 Å². The van der Waals surface area contributed by atoms with Gasteiger partial charge in [-0.15, -0.1) is 0 Å². The monoisotopic (exact) mass is 543 g/mol. The summed E-state index contributed by atoms with van der Waals surface area (Å²) in [5, 5.41) is 18.2. The zero-order valence-electron chi connectivity index (χ0n) is 22.0. The van der Waals surface area contributed by atoms with E-state index in [0.29, 0.717) is 33.6 Å². The van der Waals surface area contributed by atoms with Crippen LogP contribution in [0.4, 0.5) is 5.69 Å². The number of methoxy groups -OCH3 is 4. The molecule has 0 saturated heterocycles. The maximum absolute atomic E-state index is 10.6. The molecule has 0 aliphatic carbocycles. The van der Waals surface area contributed by atoms with Crippen molar-refractivity contribution in [3.05, 3.63) is 90.0 Å². The lowest BCUT2D eigenvalue weighted by Gasteiger charge is -2.29. The maximum atomic E-state index is 10.6. The molecule has 4 aromatic carbocycles. The van der Waals surface area contributed by atoms with E-state index in [1.807, 2.05) is 53.5 Å². The van der Waals surface area contributed by atoms with E-state index in [-0.39, 0.29) is 11.8 Å². The molecule has 1 aliphatic heterocycles. The summed E-state index contributed by atoms with van der Waals surface area (Å²) in [6.07, 6.45) is 2.05. The molecule has 0 saturated carbocycles. The normalized spacial score (nSPS) is 14.4. The van der Waals surface area contributed by atoms with Crippen LogP contribution in [0.1, 0.15) is 17.2 Å². The van der Waals surface area contributed by atoms with Gasteiger partial charge in [0.05, 0.1) is 40.2 Å². The van der Waals surface area contributed by atoms with Gasteiger partial charge in [0.25, 0.3) is 0 Å². The Bertz CT molecular complexity index is 1550. The molecule has 1 unspecified atom stereocenters. The van der Waals surface area contributed by atoms with Gasteiger partial charge in [-0.3, -0.25) is 10.4 Å². The third kappa shape index (κ3) is 4.84. The Morgan fingerprint density at radius 3 is 2.10 bits per heavy atom. The first-order chi connectivity index (χ1) is 19.0. The fraction of sp³-hybridized carbons (Fsp3) is 0.167. The topological polar surface area (TPSA) is 84.5 Å². The van der Waals surface area contributed by atoms with Gasteiger partial charge in [-0.25, -0.2) is 0 Å². The highest BCUT2D eigenvalue weighted by Gasteiger charge is 2.31. The number of hydrogen-bond acceptors (Lipinski definition) is 7. The fourth-order valence-corrected chi connectivity index (χ4v) is 5.07. The number of benzene rings is 4. The molecule has 0 spiro atoms. The first kappa shape index (κ1) is 26.0. The minimum atomic E-state index is -0.308. The summed E-state index contributed by atoms with van der Waals surface area (Å²) in [6, 6.07) is 22.5. The molecular weight excluding hydrogens is 514 g/mol. The predicted octanol–water partition coefficient (Wildman–Crippen LogP) is 5.88. The van der Waals surface area contributed by atoms with Crippen LogP contribution in [-0.2, 0) is 0 Å². The van der Waals surface area contributed by atoms with Crippen molar-refractivity contribution in [3.8, 4) is 28.7 Å². The number of phenols is 1. The molecule has 8 nitrogen and oxygen atoms in total. The molecule has 0 fully saturated rings. The van der Waals surface area contributed by atoms with Crippen LogP contribution in [0.2, 0.25) is 0 Å². The third-order valence-electron chi connectivity index (χ3n) is 6.63. The highest BCUT2D eigenvalue weighted by molar-refractivity contribution is 7.80. The third-order valence-corrected chi connectivity index (χ3v) is 6.93. The largest absolute Gasteiger partial charge is 0.507 e. The lowest BCUT2D eigenvalue weighted by molar-refractivity contribution is 0.324. The first-order valence-corrected chi connectivity index (χ1v) is 12.6. The number of phenolic OH excluding ortho intramolecular Hbond substituents is 1. The molecule has 3 N–H and O–H groups in total. The molecule has 0 bridgehead atoms. The molecule has 39 heavy (non-hydrogen) atoms. The van der Waals surface area contributed by atoms with E-state index in [1.165, 1.54) is 0 Å². The van der Waals surface area contributed by atoms with Gasteiger partial charge >= 0.3 is 0 Å². The first-order valence-electron chi connectivity index (χ1n) is 12.2. The molecule has 1 aliphatic rings. The van der Waals surface area contributed by atoms with E-state index in [4.69, 9.17) is 31.2 Å². The smallest absolute Gasteiger partial charge is 0.203 e. The van der Waals surface area contributed by atoms with Crippen LogP contribution in [0.25, 0.3) is 16.5 Å². The molecular formula is C30H29N3O5S. The minimum Gasteiger partial charge on any atom is -0.507 e. The Morgan fingerprint density at radius 2 is 1.46 bits per heavy atom. The standard InChI is InChI=1S/C30H29N3O5S/c1-35-26-14-13-20(19-9-5-6-10-21(19)26)24-17-23(22-11-7-8-12-25(22)34)32-33(24)30(39)31-18-15-27(36-2)29(38-4)28(16-18)37-3/h5-17,24,32,34H,1-4H3,(H,31,39). The molecule has 1 heterocycles. The Labute approximate surface area is 232 Å². The van der Waals surface area contributed by atoms with Crippen LogP contribution >= 0.6 is 12.2 Å². The van der Waals surface area contributed by atoms with Gasteiger partial charge in [0.15, 0.2) is 16.6 Å². The number of fused-ring (bicyclic) bond motifs is 1. The number of para-hydroxylation sites is 1. The molecule has 0 radical (unpaired) electrons. The number of thiocarbonyl (C=S) groups is 1. The summed E-state index contributed by atoms with van der Waals surface area (Å²) in [4.78, 5) is 0. The molecule has 1 atom stereocenters. The predicted molar refractivity (Wildman–Crippen MR) is 157 cm³/mol. The van der Waals surface area contributed by atoms with Crippen LogP contribution in [0.15, 0.2) is 78.9 Å². The number of ether oxygens (including phenoxy) is 4. The summed E-state index contributed by atoms with van der Waals surface area (Å²) in [5.41, 5.74) is 6.47. The van der Waals surface area contributed by atoms with Crippen molar-refractivity contribution in [2.45, 2.75) is 6.04 Å². The van der Waals surface area contributed by atoms with E-state index >= 15 is 0 Å². The molecule has 4 aromatic rings. The van der Waals surface area contributed by atoms with E-state index in [1.54, 1.807) is 52.7 Å². The average molecular weight is 544 g/mol. The number of hydrazine groups is 1. The van der Waals surface area contributed by atoms with Crippen LogP contribution < -0.4 is 29.7 Å². The van der Waals surface area contributed by atoms with Crippen molar-refractivity contribution >= 4 is 39.5 Å². The van der Waals surface area contributed by atoms with Gasteiger partial charge in [0, 0.05) is 28.8 Å². The Hall–Kier alpha value is -4.63. The van der Waals surface area contributed by atoms with Gasteiger partial charge in [0.1, 0.15) is 11.5 Å². The zero-order chi connectivity index (χ0) is 27.5. The number of nitrogens with one attached hydrogen (secondary N) is 2. The van der Waals surface area contributed by atoms with Crippen molar-refractivity contribution in [2.24, 2.45) is 0 Å². The van der Waals surface area contributed by atoms with Crippen molar-refractivity contribution in [3.63, 3.8) is 0 Å². The number of aromatic hydroxyl groups is 1. The number of nitrogens with zero attached hydrogens (tertiary/aromatic N) is 1. The van der Waals surface area contributed by atoms with Crippen molar-refractivity contribution in [1.29, 1.82) is 0 Å². The number of rotatable bonds is 7. The quantitative estimate of drug-likeness (QED) is 0.248. The summed E-state index contributed by atoms with van der Waals surface area (Å²) in [7, 11) is 6.35. The van der Waals surface area contributed by atoms with E-state index in [0.717, 1.165) is 27.8 Å². The molecule has 5 rings (SSSR count). The van der Waals surface area contributed by atoms with Gasteiger partial charge in [0.2, 0.25) is 5.75 Å². The Kier molecular flexibility index (Phi) is 7.33. The molecule has 0 amide bonds. The second kappa shape index (κ2) is 11.0. The summed E-state index contributed by atoms with van der Waals surface area (Å²) in [5.74, 6) is 2.45. The average Bonchev–Trinajstić information content (AvgIpc) is 3.41. The SMILES string of the molecule is COc1cc(NC(=S)N2NC(c3ccccc3O)=CC2c2ccc(OC)c3ccccc23)cc(OC)c1OC. The minimum absolute atomic E-state index is 0.167. The van der Waals surface area contributed by atoms with Crippen LogP contribution in [0.3, 0.4) is 0 Å². The van der Waals surface area contributed by atoms with Crippen molar-refractivity contribution in [1.82, 2.24) is 10.4 Å². The van der Waals surface area contributed by atoms with Crippen molar-refractivity contribution in [2.75, 3.05) is 33.8 Å². The van der Waals surface area contributed by atoms with Crippen LogP contribution in [-0.4, -0.2) is 43.7 Å². The summed E-state index contributed by atoms with van der Waals surface area (Å²) >= 11 is 5.92. The van der Waals surface area contributed by atoms with Crippen LogP contribution in [0.5, 0.6) is 28.7 Å². The molecule has 9 heteroatoms. The Morgan fingerprint density at radius 1 is 0.821 bits per heavy atom. The summed E-state index contributed by atoms with van der Waals surface area (Å²) < 4.78 is 22.1.